The van der Waals surface area contributed by atoms with Crippen LogP contribution in [0.25, 0.3) is 0 Å². The zero-order chi connectivity index (χ0) is 17.9. The van der Waals surface area contributed by atoms with Gasteiger partial charge < -0.3 is 29.5 Å². The van der Waals surface area contributed by atoms with Crippen LogP contribution in [0.4, 0.5) is 0 Å². The average molecular weight is 334 g/mol. The molecule has 0 spiro atoms. The lowest BCUT2D eigenvalue weighted by atomic mass is 10.0. The fraction of sp³-hybridized carbons (Fsp3) is 0.333. The number of aryl methyl sites for hydroxylation is 1. The van der Waals surface area contributed by atoms with Gasteiger partial charge in [-0.15, -0.1) is 0 Å². The van der Waals surface area contributed by atoms with Crippen molar-refractivity contribution in [3.8, 4) is 28.7 Å². The van der Waals surface area contributed by atoms with Gasteiger partial charge in [0.15, 0.2) is 23.0 Å². The van der Waals surface area contributed by atoms with Crippen molar-refractivity contribution in [2.24, 2.45) is 0 Å². The highest BCUT2D eigenvalue weighted by Crippen LogP contribution is 2.40. The SMILES string of the molecule is COc1cc(C)cc(OC)c1OC(C)[C@@H](O)c1ccc(O)c(O)c1. The number of ether oxygens (including phenoxy) is 3. The number of rotatable bonds is 6. The number of aromatic hydroxyl groups is 2. The Labute approximate surface area is 140 Å². The lowest BCUT2D eigenvalue weighted by Crippen LogP contribution is -2.22. The summed E-state index contributed by atoms with van der Waals surface area (Å²) in [5.41, 5.74) is 1.37. The first kappa shape index (κ1) is 17.7. The molecular formula is C18H22O6. The van der Waals surface area contributed by atoms with E-state index in [1.165, 1.54) is 32.4 Å². The minimum Gasteiger partial charge on any atom is -0.504 e. The molecule has 6 heteroatoms. The zero-order valence-electron chi connectivity index (χ0n) is 14.1. The van der Waals surface area contributed by atoms with Gasteiger partial charge in [-0.1, -0.05) is 6.07 Å². The van der Waals surface area contributed by atoms with E-state index in [1.807, 2.05) is 19.1 Å². The summed E-state index contributed by atoms with van der Waals surface area (Å²) in [5, 5.41) is 29.4. The van der Waals surface area contributed by atoms with Crippen LogP contribution in [0.3, 0.4) is 0 Å². The topological polar surface area (TPSA) is 88.4 Å². The van der Waals surface area contributed by atoms with Crippen molar-refractivity contribution in [1.29, 1.82) is 0 Å². The number of methoxy groups -OCH3 is 2. The number of hydrogen-bond donors (Lipinski definition) is 3. The van der Waals surface area contributed by atoms with Crippen molar-refractivity contribution in [3.63, 3.8) is 0 Å². The Morgan fingerprint density at radius 3 is 2.00 bits per heavy atom. The van der Waals surface area contributed by atoms with E-state index in [0.29, 0.717) is 22.8 Å². The maximum Gasteiger partial charge on any atom is 0.203 e. The van der Waals surface area contributed by atoms with Crippen LogP contribution in [0.2, 0.25) is 0 Å². The predicted octanol–water partition coefficient (Wildman–Crippen LogP) is 2.92. The Bertz CT molecular complexity index is 688. The number of hydrogen-bond acceptors (Lipinski definition) is 6. The number of aliphatic hydroxyl groups excluding tert-OH is 1. The third kappa shape index (κ3) is 3.65. The second kappa shape index (κ2) is 7.31. The third-order valence-corrected chi connectivity index (χ3v) is 3.69. The molecule has 0 saturated carbocycles. The lowest BCUT2D eigenvalue weighted by molar-refractivity contribution is 0.0433. The summed E-state index contributed by atoms with van der Waals surface area (Å²) in [6, 6.07) is 7.74. The highest BCUT2D eigenvalue weighted by atomic mass is 16.5. The molecule has 24 heavy (non-hydrogen) atoms. The van der Waals surface area contributed by atoms with Crippen molar-refractivity contribution in [3.05, 3.63) is 41.5 Å². The van der Waals surface area contributed by atoms with Crippen molar-refractivity contribution in [2.45, 2.75) is 26.1 Å². The normalized spacial score (nSPS) is 13.2. The van der Waals surface area contributed by atoms with Crippen LogP contribution < -0.4 is 14.2 Å². The molecule has 3 N–H and O–H groups in total. The Morgan fingerprint density at radius 2 is 1.50 bits per heavy atom. The molecule has 0 aliphatic heterocycles. The number of phenols is 2. The summed E-state index contributed by atoms with van der Waals surface area (Å²) in [6.45, 7) is 3.60. The standard InChI is InChI=1S/C18H22O6/c1-10-7-15(22-3)18(16(8-10)23-4)24-11(2)17(21)12-5-6-13(19)14(20)9-12/h5-9,11,17,19-21H,1-4H3/t11?,17-/m1/s1. The molecule has 0 aliphatic rings. The molecule has 2 rings (SSSR count). The van der Waals surface area contributed by atoms with E-state index in [1.54, 1.807) is 6.92 Å². The molecule has 0 aliphatic carbocycles. The van der Waals surface area contributed by atoms with E-state index in [-0.39, 0.29) is 11.5 Å². The van der Waals surface area contributed by atoms with E-state index < -0.39 is 12.2 Å². The van der Waals surface area contributed by atoms with Crippen LogP contribution >= 0.6 is 0 Å². The Kier molecular flexibility index (Phi) is 5.41. The molecule has 0 amide bonds. The monoisotopic (exact) mass is 334 g/mol. The van der Waals surface area contributed by atoms with E-state index in [9.17, 15) is 15.3 Å². The van der Waals surface area contributed by atoms with Crippen molar-refractivity contribution < 1.29 is 29.5 Å². The van der Waals surface area contributed by atoms with Crippen molar-refractivity contribution in [2.75, 3.05) is 14.2 Å². The van der Waals surface area contributed by atoms with Gasteiger partial charge in [-0.2, -0.15) is 0 Å². The van der Waals surface area contributed by atoms with Crippen LogP contribution in [0.5, 0.6) is 28.7 Å². The lowest BCUT2D eigenvalue weighted by Gasteiger charge is -2.23. The summed E-state index contributed by atoms with van der Waals surface area (Å²) in [5.74, 6) is 0.838. The minimum atomic E-state index is -1.02. The van der Waals surface area contributed by atoms with Gasteiger partial charge in [-0.3, -0.25) is 0 Å². The fourth-order valence-corrected chi connectivity index (χ4v) is 2.37. The number of benzene rings is 2. The van der Waals surface area contributed by atoms with Gasteiger partial charge in [0.05, 0.1) is 14.2 Å². The maximum atomic E-state index is 10.4. The molecule has 6 nitrogen and oxygen atoms in total. The van der Waals surface area contributed by atoms with Gasteiger partial charge in [0.1, 0.15) is 12.2 Å². The first-order chi connectivity index (χ1) is 11.4. The van der Waals surface area contributed by atoms with E-state index in [0.717, 1.165) is 5.56 Å². The highest BCUT2D eigenvalue weighted by molar-refractivity contribution is 5.53. The van der Waals surface area contributed by atoms with Crippen LogP contribution in [0.1, 0.15) is 24.2 Å². The molecule has 1 unspecified atom stereocenters. The Morgan fingerprint density at radius 1 is 0.917 bits per heavy atom. The van der Waals surface area contributed by atoms with Crippen LogP contribution in [0, 0.1) is 6.92 Å². The minimum absolute atomic E-state index is 0.249. The van der Waals surface area contributed by atoms with Gasteiger partial charge >= 0.3 is 0 Å². The molecule has 0 aromatic heterocycles. The van der Waals surface area contributed by atoms with Gasteiger partial charge in [0.25, 0.3) is 0 Å². The van der Waals surface area contributed by atoms with E-state index in [4.69, 9.17) is 14.2 Å². The van der Waals surface area contributed by atoms with E-state index >= 15 is 0 Å². The predicted molar refractivity (Wildman–Crippen MR) is 89.1 cm³/mol. The van der Waals surface area contributed by atoms with Gasteiger partial charge in [0.2, 0.25) is 5.75 Å². The van der Waals surface area contributed by atoms with Crippen LogP contribution in [0.15, 0.2) is 30.3 Å². The molecular weight excluding hydrogens is 312 g/mol. The van der Waals surface area contributed by atoms with Crippen molar-refractivity contribution in [1.82, 2.24) is 0 Å². The van der Waals surface area contributed by atoms with Crippen molar-refractivity contribution >= 4 is 0 Å². The summed E-state index contributed by atoms with van der Waals surface area (Å²) in [6.07, 6.45) is -1.67. The average Bonchev–Trinajstić information content (AvgIpc) is 2.57. The summed E-state index contributed by atoms with van der Waals surface area (Å²) in [4.78, 5) is 0. The Hall–Kier alpha value is -2.60. The van der Waals surface area contributed by atoms with Crippen LogP contribution in [-0.4, -0.2) is 35.6 Å². The van der Waals surface area contributed by atoms with Crippen LogP contribution in [-0.2, 0) is 0 Å². The zero-order valence-corrected chi connectivity index (χ0v) is 14.1. The largest absolute Gasteiger partial charge is 0.504 e. The molecule has 2 atom stereocenters. The molecule has 2 aromatic carbocycles. The quantitative estimate of drug-likeness (QED) is 0.704. The smallest absolute Gasteiger partial charge is 0.203 e. The van der Waals surface area contributed by atoms with E-state index in [2.05, 4.69) is 0 Å². The third-order valence-electron chi connectivity index (χ3n) is 3.69. The Balaban J connectivity index is 2.28. The fourth-order valence-electron chi connectivity index (χ4n) is 2.37. The number of aliphatic hydroxyl groups is 1. The first-order valence-corrected chi connectivity index (χ1v) is 7.46. The van der Waals surface area contributed by atoms with Gasteiger partial charge in [0, 0.05) is 0 Å². The molecule has 130 valence electrons. The maximum absolute atomic E-state index is 10.4. The molecule has 0 saturated heterocycles. The molecule has 0 bridgehead atoms. The summed E-state index contributed by atoms with van der Waals surface area (Å²) < 4.78 is 16.5. The second-order valence-corrected chi connectivity index (χ2v) is 5.51. The highest BCUT2D eigenvalue weighted by Gasteiger charge is 2.23. The molecule has 0 radical (unpaired) electrons. The molecule has 2 aromatic rings. The van der Waals surface area contributed by atoms with Gasteiger partial charge in [-0.25, -0.2) is 0 Å². The second-order valence-electron chi connectivity index (χ2n) is 5.51. The number of phenolic OH excluding ortho intramolecular Hbond substituents is 2. The summed E-state index contributed by atoms with van der Waals surface area (Å²) in [7, 11) is 3.06. The first-order valence-electron chi connectivity index (χ1n) is 7.46. The molecule has 0 fully saturated rings. The summed E-state index contributed by atoms with van der Waals surface area (Å²) >= 11 is 0. The van der Waals surface area contributed by atoms with Gasteiger partial charge in [-0.05, 0) is 49.2 Å². The molecule has 0 heterocycles.